The summed E-state index contributed by atoms with van der Waals surface area (Å²) in [5.74, 6) is -1.31. The summed E-state index contributed by atoms with van der Waals surface area (Å²) in [4.78, 5) is 0. The molecule has 0 aromatic heterocycles. The number of ether oxygens (including phenoxy) is 1. The highest BCUT2D eigenvalue weighted by atomic mass is 19.4. The monoisotopic (exact) mass is 293 g/mol. The smallest absolute Gasteiger partial charge is 0.379 e. The maximum absolute atomic E-state index is 13.3. The molecule has 0 aliphatic rings. The zero-order valence-electron chi connectivity index (χ0n) is 11.9. The predicted molar refractivity (Wildman–Crippen MR) is 68.6 cm³/mol. The lowest BCUT2D eigenvalue weighted by Gasteiger charge is -2.34. The summed E-state index contributed by atoms with van der Waals surface area (Å²) in [7, 11) is 1.45. The van der Waals surface area contributed by atoms with Crippen LogP contribution in [0.25, 0.3) is 0 Å². The molecule has 2 unspecified atom stereocenters. The van der Waals surface area contributed by atoms with E-state index < -0.39 is 29.7 Å². The SMILES string of the molecule is COC(C(N)c1ccc(F)c(C(F)(F)F)c1)C(C)(C)C. The molecule has 2 atom stereocenters. The molecule has 1 aromatic rings. The molecule has 0 saturated carbocycles. The van der Waals surface area contributed by atoms with Gasteiger partial charge in [0.2, 0.25) is 0 Å². The molecule has 0 amide bonds. The van der Waals surface area contributed by atoms with Crippen LogP contribution in [0.2, 0.25) is 0 Å². The van der Waals surface area contributed by atoms with E-state index in [9.17, 15) is 17.6 Å². The van der Waals surface area contributed by atoms with Gasteiger partial charge in [0.1, 0.15) is 5.82 Å². The van der Waals surface area contributed by atoms with Gasteiger partial charge in [0, 0.05) is 7.11 Å². The average Bonchev–Trinajstić information content (AvgIpc) is 2.26. The van der Waals surface area contributed by atoms with E-state index in [1.54, 1.807) is 0 Å². The first-order chi connectivity index (χ1) is 8.98. The molecule has 0 aliphatic carbocycles. The molecule has 6 heteroatoms. The Morgan fingerprint density at radius 3 is 2.10 bits per heavy atom. The Labute approximate surface area is 115 Å². The van der Waals surface area contributed by atoms with E-state index in [1.807, 2.05) is 20.8 Å². The quantitative estimate of drug-likeness (QED) is 0.858. The molecule has 0 fully saturated rings. The summed E-state index contributed by atoms with van der Waals surface area (Å²) < 4.78 is 56.6. The van der Waals surface area contributed by atoms with Gasteiger partial charge >= 0.3 is 6.18 Å². The van der Waals surface area contributed by atoms with Crippen LogP contribution in [0.4, 0.5) is 17.6 Å². The second kappa shape index (κ2) is 5.69. The number of hydrogen-bond acceptors (Lipinski definition) is 2. The first-order valence-electron chi connectivity index (χ1n) is 6.13. The van der Waals surface area contributed by atoms with Crippen LogP contribution >= 0.6 is 0 Å². The van der Waals surface area contributed by atoms with E-state index in [4.69, 9.17) is 10.5 Å². The summed E-state index contributed by atoms with van der Waals surface area (Å²) in [6, 6.07) is 2.01. The Morgan fingerprint density at radius 2 is 1.70 bits per heavy atom. The van der Waals surface area contributed by atoms with Gasteiger partial charge in [0.05, 0.1) is 17.7 Å². The molecule has 114 valence electrons. The highest BCUT2D eigenvalue weighted by Gasteiger charge is 2.36. The van der Waals surface area contributed by atoms with Crippen molar-refractivity contribution in [1.82, 2.24) is 0 Å². The second-order valence-electron chi connectivity index (χ2n) is 5.79. The molecule has 0 aliphatic heterocycles. The number of benzene rings is 1. The summed E-state index contributed by atoms with van der Waals surface area (Å²) >= 11 is 0. The number of halogens is 4. The van der Waals surface area contributed by atoms with Gasteiger partial charge < -0.3 is 10.5 Å². The average molecular weight is 293 g/mol. The number of hydrogen-bond donors (Lipinski definition) is 1. The van der Waals surface area contributed by atoms with E-state index in [0.29, 0.717) is 0 Å². The van der Waals surface area contributed by atoms with Crippen LogP contribution in [0.3, 0.4) is 0 Å². The highest BCUT2D eigenvalue weighted by Crippen LogP contribution is 2.35. The molecular weight excluding hydrogens is 274 g/mol. The van der Waals surface area contributed by atoms with E-state index in [2.05, 4.69) is 0 Å². The molecule has 1 aromatic carbocycles. The first-order valence-corrected chi connectivity index (χ1v) is 6.13. The summed E-state index contributed by atoms with van der Waals surface area (Å²) in [6.45, 7) is 5.61. The van der Waals surface area contributed by atoms with Crippen molar-refractivity contribution in [2.24, 2.45) is 11.1 Å². The van der Waals surface area contributed by atoms with Crippen molar-refractivity contribution in [1.29, 1.82) is 0 Å². The number of methoxy groups -OCH3 is 1. The van der Waals surface area contributed by atoms with Crippen LogP contribution in [-0.4, -0.2) is 13.2 Å². The van der Waals surface area contributed by atoms with Crippen LogP contribution in [0.15, 0.2) is 18.2 Å². The maximum atomic E-state index is 13.3. The Hall–Kier alpha value is -1.14. The van der Waals surface area contributed by atoms with Crippen molar-refractivity contribution in [3.63, 3.8) is 0 Å². The Morgan fingerprint density at radius 1 is 1.15 bits per heavy atom. The topological polar surface area (TPSA) is 35.2 Å². The third-order valence-corrected chi connectivity index (χ3v) is 3.11. The molecule has 0 bridgehead atoms. The van der Waals surface area contributed by atoms with Crippen molar-refractivity contribution in [2.75, 3.05) is 7.11 Å². The number of alkyl halides is 3. The number of rotatable bonds is 3. The molecule has 1 rings (SSSR count). The van der Waals surface area contributed by atoms with Crippen molar-refractivity contribution in [3.05, 3.63) is 35.1 Å². The normalized spacial score (nSPS) is 16.1. The largest absolute Gasteiger partial charge is 0.419 e. The fourth-order valence-corrected chi connectivity index (χ4v) is 2.18. The molecule has 0 heterocycles. The molecular formula is C14H19F4NO. The third-order valence-electron chi connectivity index (χ3n) is 3.11. The lowest BCUT2D eigenvalue weighted by Crippen LogP contribution is -2.38. The van der Waals surface area contributed by atoms with Crippen molar-refractivity contribution in [2.45, 2.75) is 39.1 Å². The standard InChI is InChI=1S/C14H19F4NO/c1-13(2,3)12(20-4)11(19)8-5-6-10(15)9(7-8)14(16,17)18/h5-7,11-12H,19H2,1-4H3. The van der Waals surface area contributed by atoms with E-state index in [1.165, 1.54) is 13.2 Å². The van der Waals surface area contributed by atoms with Gasteiger partial charge in [-0.05, 0) is 23.1 Å². The van der Waals surface area contributed by atoms with Gasteiger partial charge in [-0.15, -0.1) is 0 Å². The molecule has 2 nitrogen and oxygen atoms in total. The minimum atomic E-state index is -4.75. The fourth-order valence-electron chi connectivity index (χ4n) is 2.18. The summed E-state index contributed by atoms with van der Waals surface area (Å²) in [5, 5.41) is 0. The molecule has 2 N–H and O–H groups in total. The molecule has 0 radical (unpaired) electrons. The van der Waals surface area contributed by atoms with Crippen LogP contribution in [-0.2, 0) is 10.9 Å². The maximum Gasteiger partial charge on any atom is 0.419 e. The number of nitrogens with two attached hydrogens (primary N) is 1. The van der Waals surface area contributed by atoms with Gasteiger partial charge in [-0.1, -0.05) is 26.8 Å². The van der Waals surface area contributed by atoms with Gasteiger partial charge in [0.15, 0.2) is 0 Å². The van der Waals surface area contributed by atoms with E-state index in [-0.39, 0.29) is 11.0 Å². The lowest BCUT2D eigenvalue weighted by atomic mass is 9.82. The zero-order chi connectivity index (χ0) is 15.7. The first kappa shape index (κ1) is 16.9. The zero-order valence-corrected chi connectivity index (χ0v) is 11.9. The minimum Gasteiger partial charge on any atom is -0.379 e. The Bertz CT molecular complexity index is 465. The lowest BCUT2D eigenvalue weighted by molar-refractivity contribution is -0.140. The van der Waals surface area contributed by atoms with E-state index >= 15 is 0 Å². The van der Waals surface area contributed by atoms with Crippen molar-refractivity contribution in [3.8, 4) is 0 Å². The fraction of sp³-hybridized carbons (Fsp3) is 0.571. The molecule has 20 heavy (non-hydrogen) atoms. The van der Waals surface area contributed by atoms with Crippen LogP contribution in [0.1, 0.15) is 37.9 Å². The van der Waals surface area contributed by atoms with Gasteiger partial charge in [-0.3, -0.25) is 0 Å². The Kier molecular flexibility index (Phi) is 4.82. The van der Waals surface area contributed by atoms with Crippen LogP contribution in [0, 0.1) is 11.2 Å². The van der Waals surface area contributed by atoms with Crippen LogP contribution < -0.4 is 5.73 Å². The third kappa shape index (κ3) is 3.70. The van der Waals surface area contributed by atoms with Crippen molar-refractivity contribution >= 4 is 0 Å². The minimum absolute atomic E-state index is 0.195. The van der Waals surface area contributed by atoms with Crippen LogP contribution in [0.5, 0.6) is 0 Å². The van der Waals surface area contributed by atoms with Gasteiger partial charge in [-0.2, -0.15) is 13.2 Å². The predicted octanol–water partition coefficient (Wildman–Crippen LogP) is 3.91. The molecule has 0 spiro atoms. The van der Waals surface area contributed by atoms with Gasteiger partial charge in [-0.25, -0.2) is 4.39 Å². The Balaban J connectivity index is 3.21. The molecule has 0 saturated heterocycles. The summed E-state index contributed by atoms with van der Waals surface area (Å²) in [5.41, 5.74) is 4.51. The van der Waals surface area contributed by atoms with E-state index in [0.717, 1.165) is 12.1 Å². The van der Waals surface area contributed by atoms with Gasteiger partial charge in [0.25, 0.3) is 0 Å². The second-order valence-corrected chi connectivity index (χ2v) is 5.79. The highest BCUT2D eigenvalue weighted by molar-refractivity contribution is 5.30. The summed E-state index contributed by atoms with van der Waals surface area (Å²) in [6.07, 6.45) is -5.24. The van der Waals surface area contributed by atoms with Crippen molar-refractivity contribution < 1.29 is 22.3 Å².